The first-order chi connectivity index (χ1) is 13.9. The van der Waals surface area contributed by atoms with Gasteiger partial charge in [0.25, 0.3) is 5.91 Å². The van der Waals surface area contributed by atoms with Gasteiger partial charge in [-0.2, -0.15) is 5.10 Å². The van der Waals surface area contributed by atoms with E-state index in [1.165, 1.54) is 18.3 Å². The van der Waals surface area contributed by atoms with Crippen LogP contribution in [-0.4, -0.2) is 22.3 Å². The molecule has 3 aromatic carbocycles. The molecule has 1 amide bonds. The van der Waals surface area contributed by atoms with Crippen LogP contribution in [0.1, 0.15) is 21.5 Å². The first-order valence-corrected chi connectivity index (χ1v) is 9.19. The Kier molecular flexibility index (Phi) is 6.59. The summed E-state index contributed by atoms with van der Waals surface area (Å²) < 4.78 is 5.82. The standard InChI is InChI=1S/C21H16Cl2N2O4/c22-16-3-1-2-13(6-16)12-29-20-5-4-17(23)7-15(20)11-24-25-21(28)14-8-18(26)10-19(27)9-14/h1-11,26-27H,12H2,(H,25,28). The molecule has 29 heavy (non-hydrogen) atoms. The number of benzene rings is 3. The number of rotatable bonds is 6. The highest BCUT2D eigenvalue weighted by atomic mass is 35.5. The smallest absolute Gasteiger partial charge is 0.271 e. The number of amides is 1. The molecule has 148 valence electrons. The summed E-state index contributed by atoms with van der Waals surface area (Å²) in [4.78, 5) is 12.1. The lowest BCUT2D eigenvalue weighted by molar-refractivity contribution is 0.0954. The summed E-state index contributed by atoms with van der Waals surface area (Å²) in [6, 6.07) is 15.9. The Hall–Kier alpha value is -3.22. The maximum atomic E-state index is 12.1. The Morgan fingerprint density at radius 3 is 2.45 bits per heavy atom. The van der Waals surface area contributed by atoms with Crippen LogP contribution in [0.4, 0.5) is 0 Å². The molecule has 0 saturated heterocycles. The van der Waals surface area contributed by atoms with Crippen molar-refractivity contribution >= 4 is 35.3 Å². The van der Waals surface area contributed by atoms with Gasteiger partial charge in [0.2, 0.25) is 0 Å². The van der Waals surface area contributed by atoms with Gasteiger partial charge in [-0.15, -0.1) is 0 Å². The van der Waals surface area contributed by atoms with Gasteiger partial charge in [0.1, 0.15) is 23.9 Å². The van der Waals surface area contributed by atoms with Crippen LogP contribution in [-0.2, 0) is 6.61 Å². The topological polar surface area (TPSA) is 91.2 Å². The van der Waals surface area contributed by atoms with Crippen LogP contribution in [0.3, 0.4) is 0 Å². The van der Waals surface area contributed by atoms with Gasteiger partial charge in [-0.3, -0.25) is 4.79 Å². The molecule has 3 aromatic rings. The molecule has 0 radical (unpaired) electrons. The number of nitrogens with one attached hydrogen (secondary N) is 1. The van der Waals surface area contributed by atoms with E-state index < -0.39 is 5.91 Å². The van der Waals surface area contributed by atoms with Crippen molar-refractivity contribution in [1.82, 2.24) is 5.43 Å². The number of carbonyl (C=O) groups is 1. The van der Waals surface area contributed by atoms with Crippen molar-refractivity contribution in [2.24, 2.45) is 5.10 Å². The van der Waals surface area contributed by atoms with Crippen molar-refractivity contribution in [2.45, 2.75) is 6.61 Å². The third-order valence-corrected chi connectivity index (χ3v) is 4.26. The van der Waals surface area contributed by atoms with Gasteiger partial charge in [0.05, 0.1) is 6.21 Å². The lowest BCUT2D eigenvalue weighted by Crippen LogP contribution is -2.17. The van der Waals surface area contributed by atoms with E-state index in [4.69, 9.17) is 27.9 Å². The van der Waals surface area contributed by atoms with Gasteiger partial charge in [-0.25, -0.2) is 5.43 Å². The van der Waals surface area contributed by atoms with Gasteiger partial charge in [0, 0.05) is 27.2 Å². The molecule has 8 heteroatoms. The Bertz CT molecular complexity index is 1050. The van der Waals surface area contributed by atoms with Crippen LogP contribution in [0, 0.1) is 0 Å². The minimum atomic E-state index is -0.601. The van der Waals surface area contributed by atoms with Gasteiger partial charge >= 0.3 is 0 Å². The normalized spacial score (nSPS) is 10.8. The zero-order valence-electron chi connectivity index (χ0n) is 15.0. The van der Waals surface area contributed by atoms with E-state index in [2.05, 4.69) is 10.5 Å². The number of ether oxygens (including phenoxy) is 1. The summed E-state index contributed by atoms with van der Waals surface area (Å²) >= 11 is 12.0. The fourth-order valence-electron chi connectivity index (χ4n) is 2.49. The molecule has 0 heterocycles. The van der Waals surface area contributed by atoms with Crippen LogP contribution < -0.4 is 10.2 Å². The highest BCUT2D eigenvalue weighted by molar-refractivity contribution is 6.31. The zero-order valence-corrected chi connectivity index (χ0v) is 16.5. The van der Waals surface area contributed by atoms with Gasteiger partial charge in [0.15, 0.2) is 0 Å². The Morgan fingerprint density at radius 2 is 1.72 bits per heavy atom. The van der Waals surface area contributed by atoms with Crippen molar-refractivity contribution in [3.63, 3.8) is 0 Å². The number of phenols is 2. The Morgan fingerprint density at radius 1 is 1.00 bits per heavy atom. The van der Waals surface area contributed by atoms with Gasteiger partial charge in [-0.05, 0) is 48.0 Å². The van der Waals surface area contributed by atoms with Crippen molar-refractivity contribution < 1.29 is 19.7 Å². The van der Waals surface area contributed by atoms with E-state index in [1.807, 2.05) is 12.1 Å². The molecule has 3 N–H and O–H groups in total. The summed E-state index contributed by atoms with van der Waals surface area (Å²) in [5.74, 6) is -0.547. The molecule has 0 saturated carbocycles. The maximum Gasteiger partial charge on any atom is 0.271 e. The number of hydrogen-bond acceptors (Lipinski definition) is 5. The van der Waals surface area contributed by atoms with E-state index in [1.54, 1.807) is 30.3 Å². The number of hydrogen-bond donors (Lipinski definition) is 3. The second-order valence-electron chi connectivity index (χ2n) is 6.04. The minimum absolute atomic E-state index is 0.0585. The number of halogens is 2. The fourth-order valence-corrected chi connectivity index (χ4v) is 2.88. The van der Waals surface area contributed by atoms with Crippen molar-refractivity contribution in [1.29, 1.82) is 0 Å². The van der Waals surface area contributed by atoms with E-state index in [0.717, 1.165) is 11.6 Å². The van der Waals surface area contributed by atoms with E-state index in [9.17, 15) is 15.0 Å². The average Bonchev–Trinajstić information content (AvgIpc) is 2.66. The number of hydrazone groups is 1. The SMILES string of the molecule is O=C(NN=Cc1cc(Cl)ccc1OCc1cccc(Cl)c1)c1cc(O)cc(O)c1. The quantitative estimate of drug-likeness (QED) is 0.388. The highest BCUT2D eigenvalue weighted by Gasteiger charge is 2.08. The Labute approximate surface area is 177 Å². The molecule has 0 aliphatic rings. The average molecular weight is 431 g/mol. The van der Waals surface area contributed by atoms with Crippen LogP contribution in [0.25, 0.3) is 0 Å². The molecule has 0 spiro atoms. The molecule has 0 atom stereocenters. The lowest BCUT2D eigenvalue weighted by atomic mass is 10.2. The minimum Gasteiger partial charge on any atom is -0.508 e. The van der Waals surface area contributed by atoms with Gasteiger partial charge < -0.3 is 14.9 Å². The van der Waals surface area contributed by atoms with Crippen LogP contribution in [0.5, 0.6) is 17.2 Å². The molecule has 0 fully saturated rings. The third-order valence-electron chi connectivity index (χ3n) is 3.79. The first kappa shape index (κ1) is 20.5. The predicted molar refractivity (Wildman–Crippen MR) is 112 cm³/mol. The number of aromatic hydroxyl groups is 2. The molecule has 0 unspecified atom stereocenters. The molecule has 0 aromatic heterocycles. The van der Waals surface area contributed by atoms with Gasteiger partial charge in [-0.1, -0.05) is 35.3 Å². The molecular weight excluding hydrogens is 415 g/mol. The van der Waals surface area contributed by atoms with E-state index >= 15 is 0 Å². The zero-order chi connectivity index (χ0) is 20.8. The monoisotopic (exact) mass is 430 g/mol. The first-order valence-electron chi connectivity index (χ1n) is 8.44. The second kappa shape index (κ2) is 9.32. The van der Waals surface area contributed by atoms with Crippen molar-refractivity contribution in [3.8, 4) is 17.2 Å². The summed E-state index contributed by atoms with van der Waals surface area (Å²) in [7, 11) is 0. The molecule has 0 bridgehead atoms. The second-order valence-corrected chi connectivity index (χ2v) is 6.91. The summed E-state index contributed by atoms with van der Waals surface area (Å²) in [6.07, 6.45) is 1.39. The highest BCUT2D eigenvalue weighted by Crippen LogP contribution is 2.23. The number of carbonyl (C=O) groups excluding carboxylic acids is 1. The van der Waals surface area contributed by atoms with Crippen LogP contribution >= 0.6 is 23.2 Å². The summed E-state index contributed by atoms with van der Waals surface area (Å²) in [5, 5.41) is 23.9. The Balaban J connectivity index is 1.71. The van der Waals surface area contributed by atoms with E-state index in [-0.39, 0.29) is 23.7 Å². The lowest BCUT2D eigenvalue weighted by Gasteiger charge is -2.10. The maximum absolute atomic E-state index is 12.1. The number of nitrogens with zero attached hydrogens (tertiary/aromatic N) is 1. The number of phenolic OH excluding ortho intramolecular Hbond substituents is 2. The van der Waals surface area contributed by atoms with Crippen LogP contribution in [0.15, 0.2) is 65.8 Å². The van der Waals surface area contributed by atoms with Crippen molar-refractivity contribution in [2.75, 3.05) is 0 Å². The van der Waals surface area contributed by atoms with E-state index in [0.29, 0.717) is 21.4 Å². The molecule has 0 aliphatic carbocycles. The summed E-state index contributed by atoms with van der Waals surface area (Å²) in [5.41, 5.74) is 3.83. The predicted octanol–water partition coefficient (Wildman–Crippen LogP) is 4.75. The molecular formula is C21H16Cl2N2O4. The molecule has 0 aliphatic heterocycles. The molecule has 3 rings (SSSR count). The molecule has 6 nitrogen and oxygen atoms in total. The third kappa shape index (κ3) is 5.88. The van der Waals surface area contributed by atoms with Crippen LogP contribution in [0.2, 0.25) is 10.0 Å². The fraction of sp³-hybridized carbons (Fsp3) is 0.0476. The van der Waals surface area contributed by atoms with Crippen molar-refractivity contribution in [3.05, 3.63) is 87.4 Å². The summed E-state index contributed by atoms with van der Waals surface area (Å²) in [6.45, 7) is 0.290. The largest absolute Gasteiger partial charge is 0.508 e.